The van der Waals surface area contributed by atoms with Gasteiger partial charge in [-0.05, 0) is 48.4 Å². The fourth-order valence-corrected chi connectivity index (χ4v) is 5.20. The molecule has 3 aromatic heterocycles. The number of hydrogen-bond donors (Lipinski definition) is 1. The lowest BCUT2D eigenvalue weighted by Gasteiger charge is -2.27. The smallest absolute Gasteiger partial charge is 0.382 e. The van der Waals surface area contributed by atoms with E-state index in [4.69, 9.17) is 18.9 Å². The van der Waals surface area contributed by atoms with Gasteiger partial charge in [0.05, 0.1) is 34.9 Å². The first-order valence-corrected chi connectivity index (χ1v) is 13.7. The highest BCUT2D eigenvalue weighted by molar-refractivity contribution is 5.92. The van der Waals surface area contributed by atoms with Crippen LogP contribution in [0.5, 0.6) is 5.88 Å². The third kappa shape index (κ3) is 5.30. The van der Waals surface area contributed by atoms with Crippen molar-refractivity contribution < 1.29 is 32.6 Å². The van der Waals surface area contributed by atoms with Gasteiger partial charge in [-0.1, -0.05) is 30.3 Å². The average molecular weight is 583 g/mol. The number of fused-ring (bicyclic) bond motifs is 2. The van der Waals surface area contributed by atoms with Gasteiger partial charge in [0.1, 0.15) is 23.8 Å². The largest absolute Gasteiger partial charge is 0.478 e. The van der Waals surface area contributed by atoms with E-state index in [9.17, 15) is 14.3 Å². The number of carbonyl (C=O) groups is 1. The summed E-state index contributed by atoms with van der Waals surface area (Å²) in [6, 6.07) is 20.0. The Labute approximate surface area is 243 Å². The Bertz CT molecular complexity index is 2000. The Morgan fingerprint density at radius 3 is 2.63 bits per heavy atom. The lowest BCUT2D eigenvalue weighted by molar-refractivity contribution is -0.0589. The number of hydrogen-bond acceptors (Lipinski definition) is 7. The van der Waals surface area contributed by atoms with Crippen LogP contribution in [0.4, 0.5) is 8.78 Å². The summed E-state index contributed by atoms with van der Waals surface area (Å²) in [6.45, 7) is 1.27. The lowest BCUT2D eigenvalue weighted by atomic mass is 10.1. The summed E-state index contributed by atoms with van der Waals surface area (Å²) in [5.74, 6) is -0.515. The van der Waals surface area contributed by atoms with Gasteiger partial charge in [0, 0.05) is 30.2 Å². The maximum atomic E-state index is 15.5. The number of pyridine rings is 1. The molecule has 1 atom stereocenters. The van der Waals surface area contributed by atoms with Crippen molar-refractivity contribution in [3.8, 4) is 17.1 Å². The van der Waals surface area contributed by atoms with Gasteiger partial charge in [-0.3, -0.25) is 0 Å². The molecule has 0 unspecified atom stereocenters. The molecule has 4 heterocycles. The van der Waals surface area contributed by atoms with E-state index in [-0.39, 0.29) is 24.7 Å². The molecule has 1 aliphatic heterocycles. The highest BCUT2D eigenvalue weighted by Crippen LogP contribution is 2.28. The van der Waals surface area contributed by atoms with E-state index >= 15 is 4.39 Å². The number of aromatic nitrogens is 4. The van der Waals surface area contributed by atoms with Gasteiger partial charge in [0.15, 0.2) is 5.58 Å². The molecular weight excluding hydrogens is 558 g/mol. The predicted molar refractivity (Wildman–Crippen MR) is 152 cm³/mol. The molecule has 216 valence electrons. The first kappa shape index (κ1) is 26.7. The van der Waals surface area contributed by atoms with Crippen LogP contribution in [-0.2, 0) is 24.3 Å². The summed E-state index contributed by atoms with van der Waals surface area (Å²) in [5.41, 5.74) is 4.32. The Morgan fingerprint density at radius 2 is 1.84 bits per heavy atom. The fraction of sp³-hybridized carbons (Fsp3) is 0.188. The highest BCUT2D eigenvalue weighted by Gasteiger charge is 2.23. The maximum absolute atomic E-state index is 15.5. The zero-order valence-corrected chi connectivity index (χ0v) is 22.7. The number of carboxylic acids is 1. The topological polar surface area (TPSA) is 113 Å². The summed E-state index contributed by atoms with van der Waals surface area (Å²) < 4.78 is 47.4. The van der Waals surface area contributed by atoms with Crippen LogP contribution in [0.1, 0.15) is 33.7 Å². The van der Waals surface area contributed by atoms with Crippen molar-refractivity contribution in [1.82, 2.24) is 19.5 Å². The van der Waals surface area contributed by atoms with E-state index in [1.165, 1.54) is 12.1 Å². The molecule has 0 amide bonds. The number of benzene rings is 3. The molecule has 0 bridgehead atoms. The number of nitrogens with zero attached hydrogens (tertiary/aromatic N) is 4. The average Bonchev–Trinajstić information content (AvgIpc) is 3.53. The monoisotopic (exact) mass is 582 g/mol. The zero-order valence-electron chi connectivity index (χ0n) is 22.7. The van der Waals surface area contributed by atoms with E-state index in [0.29, 0.717) is 69.4 Å². The molecule has 1 saturated heterocycles. The number of ether oxygens (including phenoxy) is 2. The van der Waals surface area contributed by atoms with Gasteiger partial charge in [-0.2, -0.15) is 4.98 Å². The summed E-state index contributed by atoms with van der Waals surface area (Å²) in [7, 11) is 0. The number of carboxylic acid groups (broad SMARTS) is 1. The summed E-state index contributed by atoms with van der Waals surface area (Å²) >= 11 is 0. The molecule has 9 nitrogen and oxygen atoms in total. The molecule has 11 heteroatoms. The van der Waals surface area contributed by atoms with Crippen LogP contribution in [0, 0.1) is 12.0 Å². The number of imidazole rings is 1. The van der Waals surface area contributed by atoms with Crippen molar-refractivity contribution in [2.24, 2.45) is 0 Å². The van der Waals surface area contributed by atoms with Gasteiger partial charge in [-0.25, -0.2) is 19.2 Å². The normalized spacial score (nSPS) is 14.7. The molecule has 0 aliphatic carbocycles. The van der Waals surface area contributed by atoms with Crippen molar-refractivity contribution in [2.75, 3.05) is 6.61 Å². The Morgan fingerprint density at radius 1 is 0.977 bits per heavy atom. The van der Waals surface area contributed by atoms with Crippen LogP contribution < -0.4 is 4.74 Å². The highest BCUT2D eigenvalue weighted by atomic mass is 19.1. The molecule has 1 N–H and O–H groups in total. The van der Waals surface area contributed by atoms with Gasteiger partial charge in [0.25, 0.3) is 0 Å². The Kier molecular flexibility index (Phi) is 6.78. The van der Waals surface area contributed by atoms with Crippen LogP contribution in [0.3, 0.4) is 0 Å². The number of oxazole rings is 1. The van der Waals surface area contributed by atoms with Gasteiger partial charge in [-0.15, -0.1) is 4.39 Å². The SMILES string of the molecule is O=C(O)c1ccc2nc(Cc3ccc(-c4cccc(OCc5cccc6nc(F)oc56)n4)cc3F)n(C[C@@H]3CCO3)c2c1. The van der Waals surface area contributed by atoms with Gasteiger partial charge < -0.3 is 23.6 Å². The van der Waals surface area contributed by atoms with Crippen LogP contribution in [0.15, 0.2) is 77.2 Å². The molecule has 6 aromatic rings. The number of para-hydroxylation sites is 1. The summed E-state index contributed by atoms with van der Waals surface area (Å²) in [6.07, 6.45) is 0.192. The fourth-order valence-electron chi connectivity index (χ4n) is 5.20. The number of rotatable bonds is 9. The molecule has 1 fully saturated rings. The van der Waals surface area contributed by atoms with E-state index in [2.05, 4.69) is 9.97 Å². The van der Waals surface area contributed by atoms with Crippen molar-refractivity contribution in [2.45, 2.75) is 32.1 Å². The lowest BCUT2D eigenvalue weighted by Crippen LogP contribution is -2.31. The first-order chi connectivity index (χ1) is 20.9. The second-order valence-corrected chi connectivity index (χ2v) is 10.3. The second kappa shape index (κ2) is 10.9. The Balaban J connectivity index is 1.12. The third-order valence-electron chi connectivity index (χ3n) is 7.52. The third-order valence-corrected chi connectivity index (χ3v) is 7.52. The Hall–Kier alpha value is -5.16. The van der Waals surface area contributed by atoms with E-state index in [1.807, 2.05) is 4.57 Å². The van der Waals surface area contributed by atoms with Crippen LogP contribution in [0.2, 0.25) is 0 Å². The van der Waals surface area contributed by atoms with Gasteiger partial charge in [0.2, 0.25) is 5.88 Å². The molecule has 3 aromatic carbocycles. The zero-order chi connectivity index (χ0) is 29.5. The summed E-state index contributed by atoms with van der Waals surface area (Å²) in [5, 5.41) is 9.48. The molecule has 7 rings (SSSR count). The minimum absolute atomic E-state index is 0.00209. The minimum Gasteiger partial charge on any atom is -0.478 e. The maximum Gasteiger partial charge on any atom is 0.382 e. The van der Waals surface area contributed by atoms with Crippen molar-refractivity contribution >= 4 is 28.1 Å². The number of aromatic carboxylic acids is 1. The van der Waals surface area contributed by atoms with Crippen LogP contribution in [-0.4, -0.2) is 43.3 Å². The van der Waals surface area contributed by atoms with Crippen LogP contribution in [0.25, 0.3) is 33.4 Å². The van der Waals surface area contributed by atoms with Crippen molar-refractivity contribution in [1.29, 1.82) is 0 Å². The second-order valence-electron chi connectivity index (χ2n) is 10.3. The standard InChI is InChI=1S/C32H24F2N4O5/c33-23-13-19(24-4-2-6-29(36-24)42-17-21-3-1-5-26-30(21)43-32(34)37-26)8-7-18(23)15-28-35-25-10-9-20(31(39)40)14-27(25)38(28)16-22-11-12-41-22/h1-10,13-14,22H,11-12,15-17H2,(H,39,40)/t22-/m0/s1. The number of halogens is 2. The van der Waals surface area contributed by atoms with Gasteiger partial charge >= 0.3 is 12.1 Å². The molecule has 1 aliphatic rings. The van der Waals surface area contributed by atoms with E-state index in [1.54, 1.807) is 60.7 Å². The molecule has 0 radical (unpaired) electrons. The van der Waals surface area contributed by atoms with Crippen molar-refractivity contribution in [3.63, 3.8) is 0 Å². The van der Waals surface area contributed by atoms with Crippen LogP contribution >= 0.6 is 0 Å². The van der Waals surface area contributed by atoms with Crippen molar-refractivity contribution in [3.05, 3.63) is 107 Å². The first-order valence-electron chi connectivity index (χ1n) is 13.7. The van der Waals surface area contributed by atoms with E-state index < -0.39 is 17.9 Å². The molecular formula is C32H24F2N4O5. The quantitative estimate of drug-likeness (QED) is 0.215. The predicted octanol–water partition coefficient (Wildman–Crippen LogP) is 6.17. The summed E-state index contributed by atoms with van der Waals surface area (Å²) in [4.78, 5) is 24.5. The molecule has 0 spiro atoms. The van der Waals surface area contributed by atoms with E-state index in [0.717, 1.165) is 6.42 Å². The molecule has 0 saturated carbocycles. The molecule has 43 heavy (non-hydrogen) atoms. The minimum atomic E-state index is -1.02.